The van der Waals surface area contributed by atoms with Gasteiger partial charge in [0.1, 0.15) is 5.78 Å². The van der Waals surface area contributed by atoms with Crippen molar-refractivity contribution < 1.29 is 9.90 Å². The first-order valence-corrected chi connectivity index (χ1v) is 6.13. The van der Waals surface area contributed by atoms with E-state index in [2.05, 4.69) is 13.8 Å². The zero-order chi connectivity index (χ0) is 11.7. The Morgan fingerprint density at radius 1 is 1.20 bits per heavy atom. The fraction of sp³-hybridized carbons (Fsp3) is 0.846. The van der Waals surface area contributed by atoms with Crippen LogP contribution in [0.1, 0.15) is 65.7 Å². The first-order valence-electron chi connectivity index (χ1n) is 6.13. The molecule has 0 saturated heterocycles. The van der Waals surface area contributed by atoms with Crippen molar-refractivity contribution in [2.45, 2.75) is 71.3 Å². The van der Waals surface area contributed by atoms with Crippen molar-refractivity contribution in [3.05, 3.63) is 6.42 Å². The van der Waals surface area contributed by atoms with Gasteiger partial charge in [0.25, 0.3) is 0 Å². The van der Waals surface area contributed by atoms with E-state index in [4.69, 9.17) is 0 Å². The standard InChI is InChI=1S/C13H25O2/c1-4-6-8-9-12(14)11-13(3,15)10-7-5-2/h11,15H,4-10H2,1-3H3. The number of unbranched alkanes of at least 4 members (excludes halogenated alkanes) is 3. The summed E-state index contributed by atoms with van der Waals surface area (Å²) in [6.07, 6.45) is 7.93. The molecule has 0 aromatic rings. The van der Waals surface area contributed by atoms with E-state index in [0.29, 0.717) is 12.8 Å². The van der Waals surface area contributed by atoms with Crippen LogP contribution in [0.2, 0.25) is 0 Å². The Kier molecular flexibility index (Phi) is 7.67. The van der Waals surface area contributed by atoms with Crippen LogP contribution >= 0.6 is 0 Å². The van der Waals surface area contributed by atoms with Gasteiger partial charge in [0.05, 0.1) is 12.0 Å². The summed E-state index contributed by atoms with van der Waals surface area (Å²) < 4.78 is 0. The highest BCUT2D eigenvalue weighted by Crippen LogP contribution is 2.18. The number of ketones is 1. The smallest absolute Gasteiger partial charge is 0.139 e. The molecule has 2 nitrogen and oxygen atoms in total. The molecule has 0 fully saturated rings. The summed E-state index contributed by atoms with van der Waals surface area (Å²) in [4.78, 5) is 11.5. The van der Waals surface area contributed by atoms with Crippen molar-refractivity contribution in [2.75, 3.05) is 0 Å². The molecule has 0 aromatic carbocycles. The van der Waals surface area contributed by atoms with E-state index in [1.807, 2.05) is 0 Å². The van der Waals surface area contributed by atoms with Crippen LogP contribution in [0.3, 0.4) is 0 Å². The van der Waals surface area contributed by atoms with Gasteiger partial charge in [-0.1, -0.05) is 39.5 Å². The van der Waals surface area contributed by atoms with Crippen LogP contribution in [0.15, 0.2) is 0 Å². The highest BCUT2D eigenvalue weighted by atomic mass is 16.3. The summed E-state index contributed by atoms with van der Waals surface area (Å²) in [5.41, 5.74) is -0.903. The van der Waals surface area contributed by atoms with Crippen LogP contribution in [-0.4, -0.2) is 16.5 Å². The van der Waals surface area contributed by atoms with Crippen LogP contribution < -0.4 is 0 Å². The lowest BCUT2D eigenvalue weighted by atomic mass is 9.91. The molecule has 0 spiro atoms. The molecule has 1 radical (unpaired) electrons. The first kappa shape index (κ1) is 14.6. The van der Waals surface area contributed by atoms with E-state index >= 15 is 0 Å². The molecule has 1 unspecified atom stereocenters. The van der Waals surface area contributed by atoms with E-state index in [-0.39, 0.29) is 5.78 Å². The molecule has 1 atom stereocenters. The van der Waals surface area contributed by atoms with Gasteiger partial charge in [-0.05, 0) is 19.8 Å². The molecular formula is C13H25O2. The SMILES string of the molecule is CCCCCC(=O)[CH]C(C)(O)CCCC. The van der Waals surface area contributed by atoms with Crippen molar-refractivity contribution >= 4 is 5.78 Å². The zero-order valence-electron chi connectivity index (χ0n) is 10.4. The molecule has 0 saturated carbocycles. The summed E-state index contributed by atoms with van der Waals surface area (Å²) >= 11 is 0. The maximum atomic E-state index is 11.5. The number of Topliss-reactive ketones (excluding diaryl/α,β-unsaturated/α-hetero) is 1. The summed E-state index contributed by atoms with van der Waals surface area (Å²) in [6, 6.07) is 0. The minimum absolute atomic E-state index is 0.0875. The van der Waals surface area contributed by atoms with E-state index in [9.17, 15) is 9.90 Å². The molecule has 0 aliphatic heterocycles. The molecule has 0 rings (SSSR count). The molecule has 0 aliphatic rings. The monoisotopic (exact) mass is 213 g/mol. The lowest BCUT2D eigenvalue weighted by molar-refractivity contribution is -0.118. The first-order chi connectivity index (χ1) is 7.02. The van der Waals surface area contributed by atoms with Gasteiger partial charge in [-0.15, -0.1) is 0 Å². The van der Waals surface area contributed by atoms with Gasteiger partial charge in [0.15, 0.2) is 0 Å². The molecule has 0 heterocycles. The molecule has 15 heavy (non-hydrogen) atoms. The van der Waals surface area contributed by atoms with E-state index in [1.54, 1.807) is 6.92 Å². The van der Waals surface area contributed by atoms with Crippen molar-refractivity contribution in [3.63, 3.8) is 0 Å². The summed E-state index contributed by atoms with van der Waals surface area (Å²) in [7, 11) is 0. The topological polar surface area (TPSA) is 37.3 Å². The van der Waals surface area contributed by atoms with E-state index < -0.39 is 5.60 Å². The zero-order valence-corrected chi connectivity index (χ0v) is 10.4. The molecule has 2 heteroatoms. The fourth-order valence-corrected chi connectivity index (χ4v) is 1.58. The van der Waals surface area contributed by atoms with E-state index in [1.165, 1.54) is 6.42 Å². The normalized spacial score (nSPS) is 14.9. The molecule has 89 valence electrons. The molecule has 0 aromatic heterocycles. The Morgan fingerprint density at radius 2 is 1.80 bits per heavy atom. The number of carbonyl (C=O) groups is 1. The van der Waals surface area contributed by atoms with Crippen molar-refractivity contribution in [3.8, 4) is 0 Å². The summed E-state index contributed by atoms with van der Waals surface area (Å²) in [5, 5.41) is 9.90. The predicted octanol–water partition coefficient (Wildman–Crippen LogP) is 3.28. The maximum Gasteiger partial charge on any atom is 0.139 e. The Hall–Kier alpha value is -0.370. The highest BCUT2D eigenvalue weighted by Gasteiger charge is 2.23. The van der Waals surface area contributed by atoms with Gasteiger partial charge >= 0.3 is 0 Å². The van der Waals surface area contributed by atoms with Crippen LogP contribution in [-0.2, 0) is 4.79 Å². The predicted molar refractivity (Wildman–Crippen MR) is 63.6 cm³/mol. The molecule has 1 N–H and O–H groups in total. The van der Waals surface area contributed by atoms with Crippen molar-refractivity contribution in [2.24, 2.45) is 0 Å². The average molecular weight is 213 g/mol. The second-order valence-corrected chi connectivity index (χ2v) is 4.53. The Bertz CT molecular complexity index is 173. The second-order valence-electron chi connectivity index (χ2n) is 4.53. The largest absolute Gasteiger partial charge is 0.389 e. The number of hydrogen-bond donors (Lipinski definition) is 1. The second kappa shape index (κ2) is 7.86. The third kappa shape index (κ3) is 8.61. The minimum Gasteiger partial charge on any atom is -0.389 e. The summed E-state index contributed by atoms with van der Waals surface area (Å²) in [6.45, 7) is 5.92. The van der Waals surface area contributed by atoms with Crippen LogP contribution in [0.4, 0.5) is 0 Å². The quantitative estimate of drug-likeness (QED) is 0.597. The van der Waals surface area contributed by atoms with Gasteiger partial charge in [-0.3, -0.25) is 4.79 Å². The third-order valence-electron chi connectivity index (χ3n) is 2.54. The number of rotatable bonds is 9. The highest BCUT2D eigenvalue weighted by molar-refractivity contribution is 5.88. The Morgan fingerprint density at radius 3 is 2.33 bits per heavy atom. The van der Waals surface area contributed by atoms with Crippen LogP contribution in [0, 0.1) is 6.42 Å². The minimum atomic E-state index is -0.903. The van der Waals surface area contributed by atoms with Gasteiger partial charge in [-0.25, -0.2) is 0 Å². The summed E-state index contributed by atoms with van der Waals surface area (Å²) in [5.74, 6) is 0.0875. The van der Waals surface area contributed by atoms with E-state index in [0.717, 1.165) is 32.1 Å². The van der Waals surface area contributed by atoms with Crippen LogP contribution in [0.25, 0.3) is 0 Å². The molecule has 0 aliphatic carbocycles. The van der Waals surface area contributed by atoms with Crippen LogP contribution in [0.5, 0.6) is 0 Å². The lowest BCUT2D eigenvalue weighted by Gasteiger charge is -2.21. The maximum absolute atomic E-state index is 11.5. The average Bonchev–Trinajstić information content (AvgIpc) is 2.14. The molecule has 0 bridgehead atoms. The Labute approximate surface area is 94.1 Å². The van der Waals surface area contributed by atoms with Gasteiger partial charge in [0, 0.05) is 6.42 Å². The fourth-order valence-electron chi connectivity index (χ4n) is 1.58. The number of aliphatic hydroxyl groups is 1. The number of hydrogen-bond acceptors (Lipinski definition) is 2. The Balaban J connectivity index is 3.72. The van der Waals surface area contributed by atoms with Crippen molar-refractivity contribution in [1.82, 2.24) is 0 Å². The third-order valence-corrected chi connectivity index (χ3v) is 2.54. The van der Waals surface area contributed by atoms with Gasteiger partial charge < -0.3 is 5.11 Å². The molecule has 0 amide bonds. The van der Waals surface area contributed by atoms with Gasteiger partial charge in [0.2, 0.25) is 0 Å². The number of carbonyl (C=O) groups excluding carboxylic acids is 1. The van der Waals surface area contributed by atoms with Crippen molar-refractivity contribution in [1.29, 1.82) is 0 Å². The molecular weight excluding hydrogens is 188 g/mol. The lowest BCUT2D eigenvalue weighted by Crippen LogP contribution is -2.28. The van der Waals surface area contributed by atoms with Gasteiger partial charge in [-0.2, -0.15) is 0 Å².